The summed E-state index contributed by atoms with van der Waals surface area (Å²) in [5, 5.41) is 0. The Labute approximate surface area is 87.9 Å². The molecular weight excluding hydrogens is 354 g/mol. The van der Waals surface area contributed by atoms with Crippen LogP contribution in [0.25, 0.3) is 0 Å². The number of hydrogen-bond acceptors (Lipinski definition) is 0. The number of rotatable bonds is 0. The zero-order valence-electron chi connectivity index (χ0n) is 1.91. The summed E-state index contributed by atoms with van der Waals surface area (Å²) in [5.41, 5.74) is 0. The average molecular weight is 361 g/mol. The second kappa shape index (κ2) is 16.7. The molecule has 0 rings (SSSR count). The molecule has 0 aliphatic rings. The largest absolute Gasteiger partial charge is 0 e. The van der Waals surface area contributed by atoms with Crippen molar-refractivity contribution >= 4 is 48.3 Å². The molecule has 0 unspecified atom stereocenters. The molecule has 0 fully saturated rings. The summed E-state index contributed by atoms with van der Waals surface area (Å²) < 4.78 is 0. The third kappa shape index (κ3) is 8.88. The first kappa shape index (κ1) is 28.2. The van der Waals surface area contributed by atoms with Gasteiger partial charge in [0.15, 0.2) is 0 Å². The predicted octanol–water partition coefficient (Wildman–Crippen LogP) is -2.64. The van der Waals surface area contributed by atoms with Crippen molar-refractivity contribution in [3.8, 4) is 0 Å². The Morgan fingerprint density at radius 2 is 1.00 bits per heavy atom. The van der Waals surface area contributed by atoms with Crippen molar-refractivity contribution in [3.05, 3.63) is 0 Å². The Morgan fingerprint density at radius 3 is 1.00 bits per heavy atom. The Morgan fingerprint density at radius 1 is 1.00 bits per heavy atom. The smallest absolute Gasteiger partial charge is 0 e. The summed E-state index contributed by atoms with van der Waals surface area (Å²) in [6.07, 6.45) is 0. The Hall–Kier alpha value is 2.95. The van der Waals surface area contributed by atoms with Crippen LogP contribution in [0.2, 0.25) is 0 Å². The van der Waals surface area contributed by atoms with Gasteiger partial charge in [0, 0.05) is 41.2 Å². The van der Waals surface area contributed by atoms with Gasteiger partial charge in [0.05, 0.1) is 0 Å². The molecule has 0 radical (unpaired) electrons. The molecular formula is H7SbSnTiZn. The van der Waals surface area contributed by atoms with Crippen molar-refractivity contribution in [2.75, 3.05) is 0 Å². The van der Waals surface area contributed by atoms with Gasteiger partial charge in [0.25, 0.3) is 0 Å². The van der Waals surface area contributed by atoms with Crippen LogP contribution in [0.15, 0.2) is 0 Å². The van der Waals surface area contributed by atoms with E-state index in [0.717, 1.165) is 0 Å². The van der Waals surface area contributed by atoms with Crippen LogP contribution in [-0.2, 0) is 41.2 Å². The first-order chi connectivity index (χ1) is 0. The van der Waals surface area contributed by atoms with E-state index in [1.54, 1.807) is 0 Å². The van der Waals surface area contributed by atoms with E-state index in [1.807, 2.05) is 0 Å². The Kier molecular flexibility index (Phi) is 118. The fraction of sp³-hybridized carbons (Fsp3) is 0. The molecule has 22 valence electrons. The normalized spacial score (nSPS) is 0. The predicted molar refractivity (Wildman–Crippen MR) is 21.3 cm³/mol. The van der Waals surface area contributed by atoms with Gasteiger partial charge in [0.2, 0.25) is 0 Å². The van der Waals surface area contributed by atoms with Gasteiger partial charge in [-0.2, -0.15) is 0 Å². The average Bonchev–Trinajstić information content (AvgIpc) is 0. The van der Waals surface area contributed by atoms with Crippen molar-refractivity contribution in [2.24, 2.45) is 0 Å². The van der Waals surface area contributed by atoms with Gasteiger partial charge < -0.3 is 0 Å². The third-order valence-corrected chi connectivity index (χ3v) is 0. The van der Waals surface area contributed by atoms with Crippen LogP contribution in [0, 0.1) is 0 Å². The molecule has 0 nitrogen and oxygen atoms in total. The van der Waals surface area contributed by atoms with Crippen LogP contribution in [0.5, 0.6) is 0 Å². The third-order valence-electron chi connectivity index (χ3n) is 0. The standard InChI is InChI=1S/Sb.Sn.Ti.Zn.7H. The molecule has 0 amide bonds. The van der Waals surface area contributed by atoms with E-state index in [1.165, 1.54) is 0 Å². The zero-order valence-corrected chi connectivity index (χ0v) is 10.5. The van der Waals surface area contributed by atoms with Gasteiger partial charge in [-0.1, -0.05) is 0 Å². The Balaban J connectivity index is 0. The molecule has 0 aromatic heterocycles. The molecule has 0 saturated heterocycles. The SMILES string of the molecule is [SbH3].[SnH4].[Ti].[Zn]. The maximum absolute atomic E-state index is 0. The van der Waals surface area contributed by atoms with Crippen LogP contribution < -0.4 is 0 Å². The quantitative estimate of drug-likeness (QED) is 0.414. The summed E-state index contributed by atoms with van der Waals surface area (Å²) in [4.78, 5) is 0. The summed E-state index contributed by atoms with van der Waals surface area (Å²) >= 11 is 0. The van der Waals surface area contributed by atoms with Crippen LogP contribution in [0.1, 0.15) is 0 Å². The van der Waals surface area contributed by atoms with Gasteiger partial charge in [0.1, 0.15) is 0 Å². The molecule has 4 heavy (non-hydrogen) atoms. The van der Waals surface area contributed by atoms with E-state index in [2.05, 4.69) is 0 Å². The molecule has 0 atom stereocenters. The molecule has 0 N–H and O–H groups in total. The molecule has 0 saturated carbocycles. The van der Waals surface area contributed by atoms with Crippen molar-refractivity contribution in [1.82, 2.24) is 0 Å². The molecule has 0 aromatic rings. The van der Waals surface area contributed by atoms with E-state index < -0.39 is 0 Å². The van der Waals surface area contributed by atoms with E-state index >= 15 is 0 Å². The topological polar surface area (TPSA) is 0 Å². The minimum Gasteiger partial charge on any atom is 0 e. The molecule has 0 aliphatic heterocycles. The van der Waals surface area contributed by atoms with Crippen molar-refractivity contribution in [3.63, 3.8) is 0 Å². The van der Waals surface area contributed by atoms with Crippen molar-refractivity contribution in [2.45, 2.75) is 0 Å². The van der Waals surface area contributed by atoms with Crippen LogP contribution in [0.3, 0.4) is 0 Å². The maximum atomic E-state index is 0. The minimum absolute atomic E-state index is 0. The summed E-state index contributed by atoms with van der Waals surface area (Å²) in [6, 6.07) is 0. The maximum Gasteiger partial charge on any atom is 0 e. The molecule has 0 spiro atoms. The zero-order chi connectivity index (χ0) is 0. The summed E-state index contributed by atoms with van der Waals surface area (Å²) in [6.45, 7) is 0. The van der Waals surface area contributed by atoms with E-state index in [-0.39, 0.29) is 89.5 Å². The van der Waals surface area contributed by atoms with Gasteiger partial charge >= 0.3 is 48.3 Å². The Bertz CT molecular complexity index is 8.00. The fourth-order valence-corrected chi connectivity index (χ4v) is 0. The van der Waals surface area contributed by atoms with E-state index in [0.29, 0.717) is 0 Å². The first-order valence-corrected chi connectivity index (χ1v) is 0. The van der Waals surface area contributed by atoms with Crippen LogP contribution in [-0.4, -0.2) is 48.3 Å². The van der Waals surface area contributed by atoms with Gasteiger partial charge in [-0.3, -0.25) is 0 Å². The van der Waals surface area contributed by atoms with Crippen molar-refractivity contribution < 1.29 is 41.2 Å². The summed E-state index contributed by atoms with van der Waals surface area (Å²) in [7, 11) is 0. The second-order valence-electron chi connectivity index (χ2n) is 0. The minimum atomic E-state index is 0. The first-order valence-electron chi connectivity index (χ1n) is 0. The van der Waals surface area contributed by atoms with Gasteiger partial charge in [-0.15, -0.1) is 0 Å². The molecule has 0 heterocycles. The fourth-order valence-electron chi connectivity index (χ4n) is 0. The molecule has 4 heteroatoms. The second-order valence-corrected chi connectivity index (χ2v) is 0. The molecule has 0 aliphatic carbocycles. The van der Waals surface area contributed by atoms with Crippen LogP contribution in [0.4, 0.5) is 0 Å². The molecule has 0 aromatic carbocycles. The van der Waals surface area contributed by atoms with Gasteiger partial charge in [-0.05, 0) is 0 Å². The number of hydrogen-bond donors (Lipinski definition) is 0. The summed E-state index contributed by atoms with van der Waals surface area (Å²) in [5.74, 6) is 0. The van der Waals surface area contributed by atoms with Gasteiger partial charge in [-0.25, -0.2) is 0 Å². The molecule has 0 bridgehead atoms. The van der Waals surface area contributed by atoms with E-state index in [4.69, 9.17) is 0 Å². The van der Waals surface area contributed by atoms with Crippen molar-refractivity contribution in [1.29, 1.82) is 0 Å². The monoisotopic (exact) mass is 360 g/mol. The van der Waals surface area contributed by atoms with Crippen LogP contribution >= 0.6 is 0 Å². The van der Waals surface area contributed by atoms with E-state index in [9.17, 15) is 0 Å².